The SMILES string of the molecule is CC(C)CC(=O)SCCOP(=O)(OCCSC(=O)CC(C)C)[C@@H](F)c1ccc2sc(C(=O)N[C@H]3CCCC[C@H]4CC[C@@H](C(=O)N5C[C@H](c6cc[nH]c(=O)c6)[C@@H](C#N)C5)N4C3=O)cc2c1. The van der Waals surface area contributed by atoms with Crippen LogP contribution >= 0.6 is 42.5 Å². The number of likely N-dealkylation sites (tertiary alicyclic amines) is 1. The fourth-order valence-corrected chi connectivity index (χ4v) is 13.0. The van der Waals surface area contributed by atoms with Crippen molar-refractivity contribution < 1.29 is 42.0 Å². The average Bonchev–Trinajstić information content (AvgIpc) is 4.00. The number of fused-ring (bicyclic) bond motifs is 2. The van der Waals surface area contributed by atoms with Gasteiger partial charge in [-0.15, -0.1) is 11.3 Å². The summed E-state index contributed by atoms with van der Waals surface area (Å²) in [7, 11) is -4.48. The third-order valence-corrected chi connectivity index (χ3v) is 16.4. The number of aromatic nitrogens is 1. The molecule has 0 saturated carbocycles. The minimum atomic E-state index is -4.48. The van der Waals surface area contributed by atoms with E-state index in [0.717, 1.165) is 47.7 Å². The van der Waals surface area contributed by atoms with Crippen LogP contribution in [0.3, 0.4) is 0 Å². The van der Waals surface area contributed by atoms with Gasteiger partial charge in [0.25, 0.3) is 5.91 Å². The Balaban J connectivity index is 1.13. The van der Waals surface area contributed by atoms with Crippen LogP contribution in [0, 0.1) is 29.1 Å². The smallest absolute Gasteiger partial charge is 0.340 e. The molecule has 5 heterocycles. The predicted molar refractivity (Wildman–Crippen MR) is 248 cm³/mol. The van der Waals surface area contributed by atoms with E-state index in [0.29, 0.717) is 54.2 Å². The van der Waals surface area contributed by atoms with Crippen LogP contribution in [0.25, 0.3) is 10.1 Å². The standard InChI is InChI=1S/C45H57FN5O9PS3/c1-27(2)19-40(53)62-17-15-59-61(58,60-16-18-63-41(54)20-28(3)4)42(46)30-9-12-37-31(21-30)22-38(64-37)43(55)49-35-8-6-5-7-33-10-11-36(51(33)44(35)56)45(57)50-25-32(24-47)34(26-50)29-13-14-48-39(52)23-29/h9,12-14,21-23,27-28,32-36,42H,5-8,10-11,15-20,25-26H2,1-4H3,(H,48,52)(H,49,55)/t32-,33-,34+,35-,36-,42+/m0/s1. The second kappa shape index (κ2) is 22.6. The summed E-state index contributed by atoms with van der Waals surface area (Å²) in [4.78, 5) is 85.1. The average molecular weight is 958 g/mol. The number of halogens is 1. The quantitative estimate of drug-likeness (QED) is 0.0918. The maximum absolute atomic E-state index is 16.4. The third-order valence-electron chi connectivity index (χ3n) is 11.7. The number of nitrogens with one attached hydrogen (secondary N) is 2. The maximum atomic E-state index is 16.4. The number of pyridine rings is 1. The molecular weight excluding hydrogens is 901 g/mol. The lowest BCUT2D eigenvalue weighted by molar-refractivity contribution is -0.146. The van der Waals surface area contributed by atoms with Gasteiger partial charge in [-0.2, -0.15) is 5.26 Å². The molecule has 6 rings (SSSR count). The summed E-state index contributed by atoms with van der Waals surface area (Å²) in [5, 5.41) is 13.3. The van der Waals surface area contributed by atoms with E-state index >= 15 is 4.39 Å². The minimum Gasteiger partial charge on any atom is -0.340 e. The highest BCUT2D eigenvalue weighted by atomic mass is 32.2. The Morgan fingerprint density at radius 2 is 1.61 bits per heavy atom. The summed E-state index contributed by atoms with van der Waals surface area (Å²) in [6, 6.07) is 9.82. The van der Waals surface area contributed by atoms with Crippen LogP contribution in [0.5, 0.6) is 0 Å². The number of hydrogen-bond donors (Lipinski definition) is 2. The van der Waals surface area contributed by atoms with Crippen molar-refractivity contribution in [1.82, 2.24) is 20.1 Å². The van der Waals surface area contributed by atoms with Gasteiger partial charge in [-0.3, -0.25) is 33.3 Å². The monoisotopic (exact) mass is 957 g/mol. The van der Waals surface area contributed by atoms with Gasteiger partial charge in [-0.25, -0.2) is 4.39 Å². The zero-order valence-corrected chi connectivity index (χ0v) is 40.0. The molecule has 0 aliphatic carbocycles. The molecule has 3 aliphatic heterocycles. The maximum Gasteiger partial charge on any atom is 0.369 e. The molecule has 64 heavy (non-hydrogen) atoms. The number of alkyl halides is 1. The number of thiophene rings is 1. The number of rotatable bonds is 18. The Bertz CT molecular complexity index is 2300. The molecule has 0 radical (unpaired) electrons. The molecule has 2 N–H and O–H groups in total. The molecule has 2 aromatic heterocycles. The molecule has 3 amide bonds. The number of benzene rings is 1. The lowest BCUT2D eigenvalue weighted by Gasteiger charge is -2.36. The first kappa shape index (κ1) is 49.6. The van der Waals surface area contributed by atoms with E-state index in [1.165, 1.54) is 24.4 Å². The van der Waals surface area contributed by atoms with E-state index in [2.05, 4.69) is 16.4 Å². The van der Waals surface area contributed by atoms with Crippen molar-refractivity contribution in [3.05, 3.63) is 69.0 Å². The van der Waals surface area contributed by atoms with Crippen LogP contribution in [-0.2, 0) is 32.8 Å². The number of nitriles is 1. The summed E-state index contributed by atoms with van der Waals surface area (Å²) in [5.74, 6) is -3.52. The number of amides is 3. The number of nitrogens with zero attached hydrogens (tertiary/aromatic N) is 3. The van der Waals surface area contributed by atoms with Crippen molar-refractivity contribution in [2.24, 2.45) is 17.8 Å². The second-order valence-electron chi connectivity index (χ2n) is 17.5. The van der Waals surface area contributed by atoms with Gasteiger partial charge in [0.15, 0.2) is 10.2 Å². The number of hydrogen-bond acceptors (Lipinski definition) is 13. The summed E-state index contributed by atoms with van der Waals surface area (Å²) in [6.45, 7) is 7.72. The highest BCUT2D eigenvalue weighted by molar-refractivity contribution is 8.13. The number of thioether (sulfide) groups is 2. The first-order valence-corrected chi connectivity index (χ1v) is 26.3. The van der Waals surface area contributed by atoms with Gasteiger partial charge in [0.1, 0.15) is 12.1 Å². The Labute approximate surface area is 385 Å². The van der Waals surface area contributed by atoms with Crippen LogP contribution in [0.15, 0.2) is 47.4 Å². The topological polar surface area (TPSA) is 196 Å². The van der Waals surface area contributed by atoms with Crippen molar-refractivity contribution in [3.8, 4) is 6.07 Å². The van der Waals surface area contributed by atoms with Crippen molar-refractivity contribution in [1.29, 1.82) is 5.26 Å². The summed E-state index contributed by atoms with van der Waals surface area (Å²) in [6.07, 6.45) is 5.97. The number of aromatic amines is 1. The van der Waals surface area contributed by atoms with E-state index in [1.807, 2.05) is 27.7 Å². The normalized spacial score (nSPS) is 22.0. The Kier molecular flexibility index (Phi) is 17.5. The fourth-order valence-electron chi connectivity index (χ4n) is 8.59. The minimum absolute atomic E-state index is 0.00138. The molecule has 0 bridgehead atoms. The Morgan fingerprint density at radius 3 is 2.25 bits per heavy atom. The number of carbonyl (C=O) groups excluding carboxylic acids is 5. The zero-order valence-electron chi connectivity index (χ0n) is 36.6. The van der Waals surface area contributed by atoms with E-state index in [1.54, 1.807) is 28.0 Å². The van der Waals surface area contributed by atoms with Gasteiger partial charge in [0.05, 0.1) is 30.1 Å². The number of H-pyrrole nitrogens is 1. The molecular formula is C45H57FN5O9PS3. The van der Waals surface area contributed by atoms with E-state index < -0.39 is 37.4 Å². The largest absolute Gasteiger partial charge is 0.369 e. The molecule has 3 aromatic rings. The summed E-state index contributed by atoms with van der Waals surface area (Å²) >= 11 is 3.19. The molecule has 3 fully saturated rings. The van der Waals surface area contributed by atoms with Gasteiger partial charge < -0.3 is 29.1 Å². The summed E-state index contributed by atoms with van der Waals surface area (Å²) in [5.41, 5.74) is 0.391. The van der Waals surface area contributed by atoms with Crippen LogP contribution in [0.1, 0.15) is 112 Å². The lowest BCUT2D eigenvalue weighted by Crippen LogP contribution is -2.56. The molecule has 346 valence electrons. The fraction of sp³-hybridized carbons (Fsp3) is 0.578. The molecule has 3 saturated heterocycles. The molecule has 14 nitrogen and oxygen atoms in total. The van der Waals surface area contributed by atoms with Gasteiger partial charge in [0, 0.05) is 66.4 Å². The van der Waals surface area contributed by atoms with Crippen LogP contribution in [0.2, 0.25) is 0 Å². The molecule has 3 aliphatic rings. The second-order valence-corrected chi connectivity index (χ2v) is 22.9. The van der Waals surface area contributed by atoms with Crippen LogP contribution in [0.4, 0.5) is 4.39 Å². The molecule has 1 aromatic carbocycles. The molecule has 19 heteroatoms. The first-order chi connectivity index (χ1) is 30.6. The Morgan fingerprint density at radius 1 is 0.938 bits per heavy atom. The highest BCUT2D eigenvalue weighted by Gasteiger charge is 2.47. The van der Waals surface area contributed by atoms with Crippen LogP contribution in [-0.4, -0.2) is 98.7 Å². The van der Waals surface area contributed by atoms with Crippen molar-refractivity contribution in [3.63, 3.8) is 0 Å². The van der Waals surface area contributed by atoms with E-state index in [9.17, 15) is 38.6 Å². The Hall–Kier alpha value is -3.85. The van der Waals surface area contributed by atoms with Crippen molar-refractivity contribution in [2.45, 2.75) is 109 Å². The third kappa shape index (κ3) is 12.5. The van der Waals surface area contributed by atoms with Gasteiger partial charge in [-0.05, 0) is 78.3 Å². The van der Waals surface area contributed by atoms with Crippen molar-refractivity contribution >= 4 is 80.5 Å². The molecule has 0 unspecified atom stereocenters. The first-order valence-electron chi connectivity index (χ1n) is 21.9. The van der Waals surface area contributed by atoms with Gasteiger partial charge >= 0.3 is 7.60 Å². The van der Waals surface area contributed by atoms with Crippen LogP contribution < -0.4 is 10.9 Å². The molecule has 0 spiro atoms. The zero-order chi connectivity index (χ0) is 46.1. The lowest BCUT2D eigenvalue weighted by atomic mass is 9.91. The molecule has 6 atom stereocenters. The summed E-state index contributed by atoms with van der Waals surface area (Å²) < 4.78 is 42.4. The van der Waals surface area contributed by atoms with Crippen molar-refractivity contribution in [2.75, 3.05) is 37.8 Å². The van der Waals surface area contributed by atoms with E-state index in [4.69, 9.17) is 9.05 Å². The number of carbonyl (C=O) groups is 5. The highest BCUT2D eigenvalue weighted by Crippen LogP contribution is 2.62. The predicted octanol–water partition coefficient (Wildman–Crippen LogP) is 8.19. The van der Waals surface area contributed by atoms with Gasteiger partial charge in [0.2, 0.25) is 23.3 Å². The van der Waals surface area contributed by atoms with Gasteiger partial charge in [-0.1, -0.05) is 70.1 Å². The van der Waals surface area contributed by atoms with E-state index in [-0.39, 0.29) is 99.6 Å².